The van der Waals surface area contributed by atoms with Crippen LogP contribution in [0.3, 0.4) is 0 Å². The van der Waals surface area contributed by atoms with Crippen molar-refractivity contribution >= 4 is 0 Å². The van der Waals surface area contributed by atoms with E-state index in [0.717, 1.165) is 41.9 Å². The van der Waals surface area contributed by atoms with E-state index >= 15 is 0 Å². The van der Waals surface area contributed by atoms with Gasteiger partial charge in [0.1, 0.15) is 17.7 Å². The number of benzene rings is 1. The summed E-state index contributed by atoms with van der Waals surface area (Å²) in [6.07, 6.45) is 4.44. The molecule has 2 aliphatic heterocycles. The summed E-state index contributed by atoms with van der Waals surface area (Å²) in [5, 5.41) is 33.4. The molecule has 2 bridgehead atoms. The Morgan fingerprint density at radius 3 is 2.74 bits per heavy atom. The van der Waals surface area contributed by atoms with Crippen LogP contribution in [-0.2, 0) is 11.8 Å². The van der Waals surface area contributed by atoms with Crippen molar-refractivity contribution in [3.63, 3.8) is 0 Å². The minimum absolute atomic E-state index is 0. The number of aliphatic hydroxyl groups excluding tert-OH is 1. The van der Waals surface area contributed by atoms with Crippen LogP contribution in [0.4, 0.5) is 0 Å². The Morgan fingerprint density at radius 2 is 2.00 bits per heavy atom. The number of phenolic OH excluding ortho intramolecular Hbond substituents is 1. The second kappa shape index (κ2) is 5.41. The summed E-state index contributed by atoms with van der Waals surface area (Å²) in [6.45, 7) is 2.15. The summed E-state index contributed by atoms with van der Waals surface area (Å²) in [5.74, 6) is 1.46. The summed E-state index contributed by atoms with van der Waals surface area (Å²) >= 11 is 0. The van der Waals surface area contributed by atoms with Crippen molar-refractivity contribution < 1.29 is 41.5 Å². The van der Waals surface area contributed by atoms with Gasteiger partial charge in [0.05, 0.1) is 31.7 Å². The molecule has 148 valence electrons. The molecule has 6 rings (SSSR count). The first-order chi connectivity index (χ1) is 12.4. The lowest BCUT2D eigenvalue weighted by molar-refractivity contribution is -0.950. The Morgan fingerprint density at radius 1 is 1.22 bits per heavy atom. The number of quaternary nitrogens is 1. The molecule has 2 heterocycles. The lowest BCUT2D eigenvalue weighted by Gasteiger charge is -2.65. The van der Waals surface area contributed by atoms with Gasteiger partial charge in [0.25, 0.3) is 0 Å². The van der Waals surface area contributed by atoms with Crippen molar-refractivity contribution in [1.82, 2.24) is 0 Å². The van der Waals surface area contributed by atoms with Crippen LogP contribution in [-0.4, -0.2) is 63.8 Å². The fourth-order valence-corrected chi connectivity index (χ4v) is 7.13. The van der Waals surface area contributed by atoms with Gasteiger partial charge in [0.15, 0.2) is 11.5 Å². The predicted molar refractivity (Wildman–Crippen MR) is 95.1 cm³/mol. The molecule has 1 saturated heterocycles. The Labute approximate surface area is 170 Å². The molecule has 6 atom stereocenters. The number of likely N-dealkylation sites (N-methyl/N-ethyl adjacent to an activating group) is 1. The number of rotatable bonds is 2. The number of likely N-dealkylation sites (tertiary alicyclic amines) is 1. The number of halogens is 1. The van der Waals surface area contributed by atoms with Crippen molar-refractivity contribution in [2.75, 3.05) is 20.1 Å². The maximum Gasteiger partial charge on any atom is 0.165 e. The number of aliphatic hydroxyl groups is 2. The average molecular weight is 438 g/mol. The maximum absolute atomic E-state index is 12.2. The van der Waals surface area contributed by atoms with Gasteiger partial charge in [0, 0.05) is 24.3 Å². The van der Waals surface area contributed by atoms with Crippen LogP contribution in [0, 0.1) is 5.92 Å². The van der Waals surface area contributed by atoms with Crippen LogP contribution in [0.2, 0.25) is 0 Å². The van der Waals surface area contributed by atoms with Gasteiger partial charge in [0.2, 0.25) is 0 Å². The Bertz CT molecular complexity index is 814. The molecule has 1 spiro atoms. The highest BCUT2D eigenvalue weighted by Gasteiger charge is 2.76. The van der Waals surface area contributed by atoms with Gasteiger partial charge in [-0.25, -0.2) is 0 Å². The molecule has 6 heteroatoms. The van der Waals surface area contributed by atoms with E-state index in [4.69, 9.17) is 4.74 Å². The first-order valence-corrected chi connectivity index (χ1v) is 10.2. The number of piperidine rings is 1. The number of hydrogen-bond donors (Lipinski definition) is 3. The molecule has 5 nitrogen and oxygen atoms in total. The molecule has 3 fully saturated rings. The van der Waals surface area contributed by atoms with E-state index in [-0.39, 0.29) is 28.8 Å². The number of phenols is 1. The van der Waals surface area contributed by atoms with Crippen molar-refractivity contribution in [3.8, 4) is 11.5 Å². The van der Waals surface area contributed by atoms with Gasteiger partial charge in [-0.3, -0.25) is 0 Å². The second-order valence-electron chi connectivity index (χ2n) is 9.79. The Hall–Kier alpha value is -0.820. The predicted octanol–water partition coefficient (Wildman–Crippen LogP) is -1.53. The number of aromatic hydroxyl groups is 1. The third kappa shape index (κ3) is 2.00. The molecule has 2 saturated carbocycles. The summed E-state index contributed by atoms with van der Waals surface area (Å²) in [4.78, 5) is 0. The normalized spacial score (nSPS) is 46.3. The number of nitrogens with zero attached hydrogens (tertiary/aromatic N) is 1. The first kappa shape index (κ1) is 18.2. The molecule has 27 heavy (non-hydrogen) atoms. The first-order valence-electron chi connectivity index (χ1n) is 10.2. The Balaban J connectivity index is 0.00000160. The van der Waals surface area contributed by atoms with Crippen LogP contribution in [0.1, 0.15) is 43.2 Å². The fourth-order valence-electron chi connectivity index (χ4n) is 7.13. The third-order valence-electron chi connectivity index (χ3n) is 8.45. The second-order valence-corrected chi connectivity index (χ2v) is 9.79. The van der Waals surface area contributed by atoms with Gasteiger partial charge in [-0.2, -0.15) is 0 Å². The highest BCUT2D eigenvalue weighted by molar-refractivity contribution is 5.62. The number of hydrogen-bond acceptors (Lipinski definition) is 4. The standard InChI is InChI=1S/C21H27NO4.BrH/c1-22(11-12-2-3-12)9-8-20-17-13-4-5-14(23)18(17)26-19(20)15(24)6-7-21(20,25)16(22)10-13;/h4-5,12,15-16,19,24-25H,2-3,6-11H2,1H3;1H/t15-,16?,19+,20?,21-,22?;/m1./s1. The van der Waals surface area contributed by atoms with Gasteiger partial charge in [-0.15, -0.1) is 0 Å². The molecule has 1 aromatic carbocycles. The van der Waals surface area contributed by atoms with E-state index < -0.39 is 23.2 Å². The molecule has 1 aromatic rings. The lowest BCUT2D eigenvalue weighted by atomic mass is 9.48. The fraction of sp³-hybridized carbons (Fsp3) is 0.714. The van der Waals surface area contributed by atoms with Crippen molar-refractivity contribution in [3.05, 3.63) is 23.3 Å². The summed E-state index contributed by atoms with van der Waals surface area (Å²) in [5.41, 5.74) is 0.755. The average Bonchev–Trinajstić information content (AvgIpc) is 3.32. The largest absolute Gasteiger partial charge is 1.00 e. The zero-order chi connectivity index (χ0) is 17.9. The SMILES string of the molecule is C[N+]1(CC2CC2)CCC23c4c5ccc(O)c4O[C@H]2[C@H](O)CC[C@@]3(O)C1C5.[Br-]. The smallest absolute Gasteiger partial charge is 0.165 e. The van der Waals surface area contributed by atoms with Crippen molar-refractivity contribution in [2.45, 2.75) is 67.8 Å². The molecular weight excluding hydrogens is 410 g/mol. The molecule has 0 radical (unpaired) electrons. The van der Waals surface area contributed by atoms with E-state index in [0.29, 0.717) is 18.6 Å². The molecule has 3 N–H and O–H groups in total. The van der Waals surface area contributed by atoms with Crippen LogP contribution in [0.25, 0.3) is 0 Å². The van der Waals surface area contributed by atoms with Gasteiger partial charge < -0.3 is 41.5 Å². The summed E-state index contributed by atoms with van der Waals surface area (Å²) in [7, 11) is 2.33. The quantitative estimate of drug-likeness (QED) is 0.490. The van der Waals surface area contributed by atoms with E-state index in [1.165, 1.54) is 18.4 Å². The molecule has 3 unspecified atom stereocenters. The topological polar surface area (TPSA) is 69.9 Å². The maximum atomic E-state index is 12.2. The summed E-state index contributed by atoms with van der Waals surface area (Å²) in [6, 6.07) is 3.88. The van der Waals surface area contributed by atoms with Gasteiger partial charge >= 0.3 is 0 Å². The van der Waals surface area contributed by atoms with E-state index in [1.807, 2.05) is 6.07 Å². The minimum atomic E-state index is -0.870. The van der Waals surface area contributed by atoms with Crippen LogP contribution in [0.5, 0.6) is 11.5 Å². The van der Waals surface area contributed by atoms with Gasteiger partial charge in [-0.05, 0) is 37.3 Å². The zero-order valence-electron chi connectivity index (χ0n) is 15.7. The van der Waals surface area contributed by atoms with Gasteiger partial charge in [-0.1, -0.05) is 6.07 Å². The highest BCUT2D eigenvalue weighted by atomic mass is 79.9. The third-order valence-corrected chi connectivity index (χ3v) is 8.45. The molecular formula is C21H28BrNO4. The number of ether oxygens (including phenoxy) is 1. The van der Waals surface area contributed by atoms with Crippen molar-refractivity contribution in [1.29, 1.82) is 0 Å². The minimum Gasteiger partial charge on any atom is -1.00 e. The highest BCUT2D eigenvalue weighted by Crippen LogP contribution is 2.66. The van der Waals surface area contributed by atoms with E-state index in [9.17, 15) is 15.3 Å². The van der Waals surface area contributed by atoms with Crippen LogP contribution < -0.4 is 21.7 Å². The van der Waals surface area contributed by atoms with E-state index in [2.05, 4.69) is 7.05 Å². The zero-order valence-corrected chi connectivity index (χ0v) is 17.3. The van der Waals surface area contributed by atoms with Crippen molar-refractivity contribution in [2.24, 2.45) is 5.92 Å². The molecule has 3 aliphatic carbocycles. The lowest BCUT2D eigenvalue weighted by Crippen LogP contribution is -3.00. The molecule has 0 aromatic heterocycles. The van der Waals surface area contributed by atoms with Crippen LogP contribution in [0.15, 0.2) is 12.1 Å². The monoisotopic (exact) mass is 437 g/mol. The molecule has 0 amide bonds. The molecule has 5 aliphatic rings. The van der Waals surface area contributed by atoms with E-state index in [1.54, 1.807) is 6.07 Å². The van der Waals surface area contributed by atoms with Crippen LogP contribution >= 0.6 is 0 Å². The Kier molecular flexibility index (Phi) is 3.65. The summed E-state index contributed by atoms with van der Waals surface area (Å²) < 4.78 is 7.11.